The second-order valence-electron chi connectivity index (χ2n) is 6.05. The lowest BCUT2D eigenvalue weighted by atomic mass is 10.2. The standard InChI is InChI=1S/C16H17N5O3S/c1-10-15(19-16(22)12-3-4-13(7-17)18-8-12)11(2)21(20-10)14-5-6-25(23,24)9-14/h3-4,8,14H,5-6,9H2,1-2H3,(H,19,22). The van der Waals surface area contributed by atoms with Crippen molar-refractivity contribution in [2.75, 3.05) is 16.8 Å². The number of hydrogen-bond acceptors (Lipinski definition) is 6. The van der Waals surface area contributed by atoms with Crippen LogP contribution in [-0.2, 0) is 9.84 Å². The number of carbonyl (C=O) groups excluding carboxylic acids is 1. The van der Waals surface area contributed by atoms with Crippen molar-refractivity contribution in [2.45, 2.75) is 26.3 Å². The fourth-order valence-electron chi connectivity index (χ4n) is 2.95. The van der Waals surface area contributed by atoms with Crippen LogP contribution in [-0.4, -0.2) is 40.6 Å². The summed E-state index contributed by atoms with van der Waals surface area (Å²) in [7, 11) is -3.02. The third-order valence-electron chi connectivity index (χ3n) is 4.26. The number of aryl methyl sites for hydroxylation is 1. The molecule has 1 fully saturated rings. The zero-order valence-electron chi connectivity index (χ0n) is 13.9. The maximum absolute atomic E-state index is 12.4. The lowest BCUT2D eigenvalue weighted by Gasteiger charge is -2.11. The number of sulfone groups is 1. The molecule has 130 valence electrons. The number of anilines is 1. The number of amides is 1. The van der Waals surface area contributed by atoms with E-state index in [1.54, 1.807) is 18.5 Å². The largest absolute Gasteiger partial charge is 0.319 e. The van der Waals surface area contributed by atoms with Gasteiger partial charge in [0.05, 0.1) is 40.2 Å². The Balaban J connectivity index is 1.83. The van der Waals surface area contributed by atoms with E-state index in [1.165, 1.54) is 18.3 Å². The first-order chi connectivity index (χ1) is 11.8. The molecule has 2 aromatic heterocycles. The van der Waals surface area contributed by atoms with Crippen LogP contribution < -0.4 is 5.32 Å². The van der Waals surface area contributed by atoms with Gasteiger partial charge in [0, 0.05) is 6.20 Å². The molecule has 0 aromatic carbocycles. The number of nitrogens with one attached hydrogen (secondary N) is 1. The molecule has 25 heavy (non-hydrogen) atoms. The van der Waals surface area contributed by atoms with E-state index in [0.717, 1.165) is 5.69 Å². The van der Waals surface area contributed by atoms with Crippen molar-refractivity contribution in [1.29, 1.82) is 5.26 Å². The summed E-state index contributed by atoms with van der Waals surface area (Å²) in [5.41, 5.74) is 2.47. The highest BCUT2D eigenvalue weighted by molar-refractivity contribution is 7.91. The average molecular weight is 359 g/mol. The molecule has 1 amide bonds. The Morgan fingerprint density at radius 2 is 2.16 bits per heavy atom. The van der Waals surface area contributed by atoms with E-state index < -0.39 is 9.84 Å². The van der Waals surface area contributed by atoms with Gasteiger partial charge in [-0.15, -0.1) is 0 Å². The van der Waals surface area contributed by atoms with Crippen molar-refractivity contribution in [3.05, 3.63) is 41.0 Å². The first-order valence-corrected chi connectivity index (χ1v) is 9.56. The van der Waals surface area contributed by atoms with E-state index in [4.69, 9.17) is 5.26 Å². The first kappa shape index (κ1) is 17.1. The van der Waals surface area contributed by atoms with Crippen molar-refractivity contribution in [1.82, 2.24) is 14.8 Å². The minimum atomic E-state index is -3.02. The van der Waals surface area contributed by atoms with E-state index >= 15 is 0 Å². The minimum Gasteiger partial charge on any atom is -0.319 e. The predicted molar refractivity (Wildman–Crippen MR) is 90.9 cm³/mol. The van der Waals surface area contributed by atoms with Crippen LogP contribution >= 0.6 is 0 Å². The van der Waals surface area contributed by atoms with E-state index in [9.17, 15) is 13.2 Å². The summed E-state index contributed by atoms with van der Waals surface area (Å²) in [6, 6.07) is 4.70. The number of aromatic nitrogens is 3. The van der Waals surface area contributed by atoms with Crippen LogP contribution in [0.25, 0.3) is 0 Å². The average Bonchev–Trinajstić information content (AvgIpc) is 3.08. The number of rotatable bonds is 3. The van der Waals surface area contributed by atoms with Crippen molar-refractivity contribution < 1.29 is 13.2 Å². The van der Waals surface area contributed by atoms with Gasteiger partial charge in [-0.2, -0.15) is 10.4 Å². The van der Waals surface area contributed by atoms with Crippen molar-refractivity contribution >= 4 is 21.4 Å². The first-order valence-electron chi connectivity index (χ1n) is 7.74. The highest BCUT2D eigenvalue weighted by Gasteiger charge is 2.31. The summed E-state index contributed by atoms with van der Waals surface area (Å²) in [4.78, 5) is 16.3. The van der Waals surface area contributed by atoms with E-state index in [2.05, 4.69) is 15.4 Å². The Hall–Kier alpha value is -2.73. The lowest BCUT2D eigenvalue weighted by Crippen LogP contribution is -2.15. The molecule has 3 heterocycles. The molecule has 0 bridgehead atoms. The molecule has 1 N–H and O–H groups in total. The molecule has 2 aromatic rings. The van der Waals surface area contributed by atoms with Crippen LogP contribution in [0.3, 0.4) is 0 Å². The van der Waals surface area contributed by atoms with Gasteiger partial charge in [-0.3, -0.25) is 9.48 Å². The van der Waals surface area contributed by atoms with E-state index in [-0.39, 0.29) is 29.1 Å². The Kier molecular flexibility index (Phi) is 4.30. The molecule has 0 spiro atoms. The summed E-state index contributed by atoms with van der Waals surface area (Å²) >= 11 is 0. The Morgan fingerprint density at radius 1 is 1.40 bits per heavy atom. The molecule has 0 radical (unpaired) electrons. The zero-order chi connectivity index (χ0) is 18.2. The van der Waals surface area contributed by atoms with Crippen LogP contribution in [0.5, 0.6) is 0 Å². The van der Waals surface area contributed by atoms with Crippen molar-refractivity contribution in [3.8, 4) is 6.07 Å². The second kappa shape index (κ2) is 6.29. The smallest absolute Gasteiger partial charge is 0.257 e. The third-order valence-corrected chi connectivity index (χ3v) is 6.01. The van der Waals surface area contributed by atoms with Gasteiger partial charge in [0.2, 0.25) is 0 Å². The maximum atomic E-state index is 12.4. The summed E-state index contributed by atoms with van der Waals surface area (Å²) in [6.45, 7) is 3.57. The van der Waals surface area contributed by atoms with Crippen molar-refractivity contribution in [2.24, 2.45) is 0 Å². The summed E-state index contributed by atoms with van der Waals surface area (Å²) in [5.74, 6) is -0.127. The van der Waals surface area contributed by atoms with Crippen LogP contribution in [0.1, 0.15) is 39.9 Å². The Morgan fingerprint density at radius 3 is 2.72 bits per heavy atom. The molecule has 9 heteroatoms. The molecule has 3 rings (SSSR count). The summed E-state index contributed by atoms with van der Waals surface area (Å²) in [6.07, 6.45) is 1.86. The highest BCUT2D eigenvalue weighted by Crippen LogP contribution is 2.29. The molecule has 0 aliphatic carbocycles. The molecule has 8 nitrogen and oxygen atoms in total. The normalized spacial score (nSPS) is 18.7. The van der Waals surface area contributed by atoms with E-state index in [0.29, 0.717) is 23.4 Å². The van der Waals surface area contributed by atoms with Gasteiger partial charge in [-0.25, -0.2) is 13.4 Å². The van der Waals surface area contributed by atoms with Gasteiger partial charge in [0.25, 0.3) is 5.91 Å². The third kappa shape index (κ3) is 3.39. The maximum Gasteiger partial charge on any atom is 0.257 e. The van der Waals surface area contributed by atoms with Gasteiger partial charge in [0.1, 0.15) is 11.8 Å². The van der Waals surface area contributed by atoms with Crippen molar-refractivity contribution in [3.63, 3.8) is 0 Å². The molecule has 1 aliphatic rings. The van der Waals surface area contributed by atoms with Crippen LogP contribution in [0.15, 0.2) is 18.3 Å². The lowest BCUT2D eigenvalue weighted by molar-refractivity contribution is 0.102. The van der Waals surface area contributed by atoms with Crippen LogP contribution in [0, 0.1) is 25.2 Å². The molecule has 1 saturated heterocycles. The zero-order valence-corrected chi connectivity index (χ0v) is 14.7. The number of nitriles is 1. The van der Waals surface area contributed by atoms with Gasteiger partial charge in [-0.1, -0.05) is 0 Å². The van der Waals surface area contributed by atoms with Gasteiger partial charge in [0.15, 0.2) is 9.84 Å². The molecular weight excluding hydrogens is 342 g/mol. The van der Waals surface area contributed by atoms with Crippen LogP contribution in [0.2, 0.25) is 0 Å². The SMILES string of the molecule is Cc1nn(C2CCS(=O)(=O)C2)c(C)c1NC(=O)c1ccc(C#N)nc1. The highest BCUT2D eigenvalue weighted by atomic mass is 32.2. The predicted octanol–water partition coefficient (Wildman–Crippen LogP) is 1.38. The monoisotopic (exact) mass is 359 g/mol. The number of nitrogens with zero attached hydrogens (tertiary/aromatic N) is 4. The topological polar surface area (TPSA) is 118 Å². The summed E-state index contributed by atoms with van der Waals surface area (Å²) < 4.78 is 25.1. The number of hydrogen-bond donors (Lipinski definition) is 1. The quantitative estimate of drug-likeness (QED) is 0.884. The molecule has 1 atom stereocenters. The molecule has 1 unspecified atom stereocenters. The number of carbonyl (C=O) groups is 1. The Labute approximate surface area is 145 Å². The molecule has 0 saturated carbocycles. The van der Waals surface area contributed by atoms with E-state index in [1.807, 2.05) is 6.07 Å². The van der Waals surface area contributed by atoms with Gasteiger partial charge >= 0.3 is 0 Å². The van der Waals surface area contributed by atoms with Gasteiger partial charge in [-0.05, 0) is 32.4 Å². The number of pyridine rings is 1. The molecular formula is C16H17N5O3S. The Bertz CT molecular complexity index is 970. The summed E-state index contributed by atoms with van der Waals surface area (Å²) in [5, 5.41) is 16.0. The fourth-order valence-corrected chi connectivity index (χ4v) is 4.64. The fraction of sp³-hybridized carbons (Fsp3) is 0.375. The second-order valence-corrected chi connectivity index (χ2v) is 8.27. The van der Waals surface area contributed by atoms with Crippen LogP contribution in [0.4, 0.5) is 5.69 Å². The molecule has 1 aliphatic heterocycles. The van der Waals surface area contributed by atoms with Gasteiger partial charge < -0.3 is 5.32 Å². The minimum absolute atomic E-state index is 0.0713.